The zero-order chi connectivity index (χ0) is 11.1. The van der Waals surface area contributed by atoms with Crippen LogP contribution in [0.15, 0.2) is 24.0 Å². The minimum absolute atomic E-state index is 0.0925. The molecule has 0 bridgehead atoms. The SMILES string of the molecule is OCc1c(-n2cc(Cl)cn2)nc2sccn12. The van der Waals surface area contributed by atoms with Crippen LogP contribution in [0.5, 0.6) is 0 Å². The summed E-state index contributed by atoms with van der Waals surface area (Å²) in [6.45, 7) is -0.0925. The number of halogens is 1. The van der Waals surface area contributed by atoms with Crippen LogP contribution >= 0.6 is 22.9 Å². The Kier molecular flexibility index (Phi) is 2.20. The third-order valence-corrected chi connectivity index (χ3v) is 3.21. The number of imidazole rings is 1. The molecular formula is C9H7ClN4OS. The second-order valence-corrected chi connectivity index (χ2v) is 4.51. The molecule has 3 rings (SSSR count). The van der Waals surface area contributed by atoms with Crippen molar-refractivity contribution < 1.29 is 5.11 Å². The fraction of sp³-hybridized carbons (Fsp3) is 0.111. The highest BCUT2D eigenvalue weighted by atomic mass is 35.5. The number of thiazole rings is 1. The molecule has 0 fully saturated rings. The van der Waals surface area contributed by atoms with Crippen molar-refractivity contribution in [1.29, 1.82) is 0 Å². The fourth-order valence-corrected chi connectivity index (χ4v) is 2.43. The maximum absolute atomic E-state index is 9.36. The predicted octanol–water partition coefficient (Wildman–Crippen LogP) is 1.73. The zero-order valence-electron chi connectivity index (χ0n) is 8.04. The summed E-state index contributed by atoms with van der Waals surface area (Å²) in [6, 6.07) is 0. The van der Waals surface area contributed by atoms with Crippen LogP contribution in [0.4, 0.5) is 0 Å². The average molecular weight is 255 g/mol. The molecule has 1 N–H and O–H groups in total. The Morgan fingerprint density at radius 2 is 2.38 bits per heavy atom. The van der Waals surface area contributed by atoms with E-state index >= 15 is 0 Å². The van der Waals surface area contributed by atoms with Gasteiger partial charge in [0.15, 0.2) is 10.8 Å². The number of aromatic nitrogens is 4. The van der Waals surface area contributed by atoms with Gasteiger partial charge in [0.25, 0.3) is 0 Å². The van der Waals surface area contributed by atoms with Crippen LogP contribution in [-0.2, 0) is 6.61 Å². The molecule has 0 aliphatic rings. The smallest absolute Gasteiger partial charge is 0.196 e. The van der Waals surface area contributed by atoms with Crippen molar-refractivity contribution in [3.63, 3.8) is 0 Å². The Labute approximate surface area is 99.5 Å². The van der Waals surface area contributed by atoms with Gasteiger partial charge in [0.2, 0.25) is 0 Å². The Morgan fingerprint density at radius 3 is 3.06 bits per heavy atom. The van der Waals surface area contributed by atoms with Crippen LogP contribution < -0.4 is 0 Å². The molecule has 5 nitrogen and oxygen atoms in total. The van der Waals surface area contributed by atoms with Gasteiger partial charge in [0.05, 0.1) is 29.7 Å². The summed E-state index contributed by atoms with van der Waals surface area (Å²) in [5, 5.41) is 15.9. The molecule has 7 heteroatoms. The molecule has 0 radical (unpaired) electrons. The van der Waals surface area contributed by atoms with Gasteiger partial charge in [-0.3, -0.25) is 4.40 Å². The van der Waals surface area contributed by atoms with E-state index in [1.165, 1.54) is 17.5 Å². The highest BCUT2D eigenvalue weighted by Crippen LogP contribution is 2.21. The van der Waals surface area contributed by atoms with Gasteiger partial charge < -0.3 is 5.11 Å². The number of aliphatic hydroxyl groups excluding tert-OH is 1. The van der Waals surface area contributed by atoms with E-state index in [1.807, 2.05) is 16.0 Å². The highest BCUT2D eigenvalue weighted by molar-refractivity contribution is 7.15. The third kappa shape index (κ3) is 1.35. The topological polar surface area (TPSA) is 55.3 Å². The molecular weight excluding hydrogens is 248 g/mol. The number of aliphatic hydroxyl groups is 1. The molecule has 0 spiro atoms. The first-order valence-corrected chi connectivity index (χ1v) is 5.81. The van der Waals surface area contributed by atoms with Gasteiger partial charge in [0.1, 0.15) is 0 Å². The number of fused-ring (bicyclic) bond motifs is 1. The molecule has 0 amide bonds. The molecule has 82 valence electrons. The van der Waals surface area contributed by atoms with Gasteiger partial charge in [-0.15, -0.1) is 11.3 Å². The molecule has 0 aliphatic heterocycles. The second-order valence-electron chi connectivity index (χ2n) is 3.20. The van der Waals surface area contributed by atoms with E-state index in [4.69, 9.17) is 11.6 Å². The monoisotopic (exact) mass is 254 g/mol. The maximum atomic E-state index is 9.36. The van der Waals surface area contributed by atoms with E-state index in [1.54, 1.807) is 10.9 Å². The lowest BCUT2D eigenvalue weighted by atomic mass is 10.4. The van der Waals surface area contributed by atoms with Crippen LogP contribution in [0, 0.1) is 0 Å². The van der Waals surface area contributed by atoms with Crippen molar-refractivity contribution in [3.05, 3.63) is 34.7 Å². The Morgan fingerprint density at radius 1 is 1.50 bits per heavy atom. The first-order chi connectivity index (χ1) is 7.79. The summed E-state index contributed by atoms with van der Waals surface area (Å²) in [4.78, 5) is 5.22. The molecule has 0 aliphatic carbocycles. The van der Waals surface area contributed by atoms with Crippen LogP contribution in [0.1, 0.15) is 5.69 Å². The number of hydrogen-bond acceptors (Lipinski definition) is 4. The van der Waals surface area contributed by atoms with E-state index in [2.05, 4.69) is 10.1 Å². The van der Waals surface area contributed by atoms with E-state index in [9.17, 15) is 5.11 Å². The lowest BCUT2D eigenvalue weighted by Gasteiger charge is -1.99. The molecule has 0 saturated heterocycles. The summed E-state index contributed by atoms with van der Waals surface area (Å²) in [5.74, 6) is 0.612. The fourth-order valence-electron chi connectivity index (χ4n) is 1.57. The molecule has 0 unspecified atom stereocenters. The van der Waals surface area contributed by atoms with Gasteiger partial charge in [-0.05, 0) is 0 Å². The standard InChI is InChI=1S/C9H7ClN4OS/c10-6-3-11-14(4-6)8-7(5-15)13-1-2-16-9(13)12-8/h1-4,15H,5H2. The largest absolute Gasteiger partial charge is 0.390 e. The molecule has 0 aromatic carbocycles. The Balaban J connectivity index is 2.26. The van der Waals surface area contributed by atoms with Gasteiger partial charge in [0, 0.05) is 11.6 Å². The maximum Gasteiger partial charge on any atom is 0.196 e. The van der Waals surface area contributed by atoms with Crippen molar-refractivity contribution in [2.75, 3.05) is 0 Å². The van der Waals surface area contributed by atoms with Gasteiger partial charge in [-0.1, -0.05) is 11.6 Å². The van der Waals surface area contributed by atoms with E-state index < -0.39 is 0 Å². The lowest BCUT2D eigenvalue weighted by Crippen LogP contribution is -2.00. The lowest BCUT2D eigenvalue weighted by molar-refractivity contribution is 0.275. The van der Waals surface area contributed by atoms with Gasteiger partial charge in [-0.2, -0.15) is 10.1 Å². The minimum Gasteiger partial charge on any atom is -0.390 e. The highest BCUT2D eigenvalue weighted by Gasteiger charge is 2.14. The number of rotatable bonds is 2. The molecule has 16 heavy (non-hydrogen) atoms. The minimum atomic E-state index is -0.0925. The van der Waals surface area contributed by atoms with E-state index in [0.717, 1.165) is 4.96 Å². The first-order valence-electron chi connectivity index (χ1n) is 4.55. The van der Waals surface area contributed by atoms with Crippen LogP contribution in [0.3, 0.4) is 0 Å². The summed E-state index contributed by atoms with van der Waals surface area (Å²) in [6.07, 6.45) is 5.07. The summed E-state index contributed by atoms with van der Waals surface area (Å²) in [5.41, 5.74) is 0.705. The van der Waals surface area contributed by atoms with E-state index in [0.29, 0.717) is 16.5 Å². The van der Waals surface area contributed by atoms with E-state index in [-0.39, 0.29) is 6.61 Å². The summed E-state index contributed by atoms with van der Waals surface area (Å²) in [7, 11) is 0. The average Bonchev–Trinajstić information content (AvgIpc) is 2.90. The van der Waals surface area contributed by atoms with Crippen LogP contribution in [0.25, 0.3) is 10.8 Å². The molecule has 3 aromatic rings. The Bertz CT molecular complexity index is 641. The second kappa shape index (κ2) is 3.58. The molecule has 3 aromatic heterocycles. The summed E-state index contributed by atoms with van der Waals surface area (Å²) < 4.78 is 3.41. The van der Waals surface area contributed by atoms with Crippen molar-refractivity contribution in [2.24, 2.45) is 0 Å². The predicted molar refractivity (Wildman–Crippen MR) is 61.1 cm³/mol. The van der Waals surface area contributed by atoms with Crippen molar-refractivity contribution in [2.45, 2.75) is 6.61 Å². The molecule has 3 heterocycles. The normalized spacial score (nSPS) is 11.4. The Hall–Kier alpha value is -1.37. The van der Waals surface area contributed by atoms with Crippen LogP contribution in [0.2, 0.25) is 5.02 Å². The number of hydrogen-bond donors (Lipinski definition) is 1. The van der Waals surface area contributed by atoms with Gasteiger partial charge in [-0.25, -0.2) is 4.68 Å². The summed E-state index contributed by atoms with van der Waals surface area (Å²) >= 11 is 7.31. The quantitative estimate of drug-likeness (QED) is 0.758. The van der Waals surface area contributed by atoms with Crippen molar-refractivity contribution in [3.8, 4) is 5.82 Å². The zero-order valence-corrected chi connectivity index (χ0v) is 9.61. The van der Waals surface area contributed by atoms with Crippen molar-refractivity contribution >= 4 is 27.9 Å². The first kappa shape index (κ1) is 9.83. The molecule has 0 saturated carbocycles. The molecule has 0 atom stereocenters. The van der Waals surface area contributed by atoms with Crippen molar-refractivity contribution in [1.82, 2.24) is 19.2 Å². The van der Waals surface area contributed by atoms with Crippen LogP contribution in [-0.4, -0.2) is 24.3 Å². The third-order valence-electron chi connectivity index (χ3n) is 2.26. The van der Waals surface area contributed by atoms with Gasteiger partial charge >= 0.3 is 0 Å². The number of nitrogens with zero attached hydrogens (tertiary/aromatic N) is 4.